The van der Waals surface area contributed by atoms with Gasteiger partial charge < -0.3 is 10.2 Å². The van der Waals surface area contributed by atoms with Crippen molar-refractivity contribution in [3.05, 3.63) is 60.4 Å². The van der Waals surface area contributed by atoms with E-state index < -0.39 is 0 Å². The van der Waals surface area contributed by atoms with Gasteiger partial charge in [-0.3, -0.25) is 9.78 Å². The van der Waals surface area contributed by atoms with E-state index in [2.05, 4.69) is 43.4 Å². The maximum atomic E-state index is 12.8. The largest absolute Gasteiger partial charge is 0.355 e. The number of anilines is 2. The zero-order chi connectivity index (χ0) is 21.2. The Bertz CT molecular complexity index is 1200. The molecule has 0 radical (unpaired) electrons. The fraction of sp³-hybridized carbons (Fsp3) is 0.261. The molecule has 7 nitrogen and oxygen atoms in total. The van der Waals surface area contributed by atoms with Crippen molar-refractivity contribution < 1.29 is 4.79 Å². The van der Waals surface area contributed by atoms with Crippen LogP contribution in [0.15, 0.2) is 54.9 Å². The normalized spacial score (nSPS) is 14.7. The first-order valence-corrected chi connectivity index (χ1v) is 11.1. The minimum atomic E-state index is -0.0207. The van der Waals surface area contributed by atoms with E-state index in [0.29, 0.717) is 5.13 Å². The smallest absolute Gasteiger partial charge is 0.229 e. The predicted octanol–water partition coefficient (Wildman–Crippen LogP) is 4.31. The van der Waals surface area contributed by atoms with Gasteiger partial charge in [0, 0.05) is 37.0 Å². The average molecular weight is 431 g/mol. The van der Waals surface area contributed by atoms with Crippen LogP contribution in [0.4, 0.5) is 10.9 Å². The highest BCUT2D eigenvalue weighted by molar-refractivity contribution is 7.22. The van der Waals surface area contributed by atoms with Crippen LogP contribution in [-0.4, -0.2) is 39.2 Å². The van der Waals surface area contributed by atoms with Crippen LogP contribution in [0.2, 0.25) is 0 Å². The van der Waals surface area contributed by atoms with E-state index in [1.807, 2.05) is 36.4 Å². The summed E-state index contributed by atoms with van der Waals surface area (Å²) in [5, 5.41) is 12.4. The summed E-state index contributed by atoms with van der Waals surface area (Å²) < 4.78 is 1.10. The molecular weight excluding hydrogens is 408 g/mol. The van der Waals surface area contributed by atoms with Crippen LogP contribution in [0.3, 0.4) is 0 Å². The summed E-state index contributed by atoms with van der Waals surface area (Å²) in [4.78, 5) is 23.6. The zero-order valence-corrected chi connectivity index (χ0v) is 18.0. The average Bonchev–Trinajstić information content (AvgIpc) is 3.21. The second-order valence-corrected chi connectivity index (χ2v) is 8.79. The van der Waals surface area contributed by atoms with Gasteiger partial charge in [0.15, 0.2) is 10.9 Å². The number of fused-ring (bicyclic) bond motifs is 1. The minimum Gasteiger partial charge on any atom is -0.355 e. The third kappa shape index (κ3) is 4.25. The number of rotatable bonds is 4. The highest BCUT2D eigenvalue weighted by Crippen LogP contribution is 2.29. The van der Waals surface area contributed by atoms with Crippen LogP contribution in [0.25, 0.3) is 21.5 Å². The van der Waals surface area contributed by atoms with Crippen LogP contribution >= 0.6 is 11.3 Å². The van der Waals surface area contributed by atoms with Crippen LogP contribution in [0.1, 0.15) is 18.4 Å². The molecule has 0 aliphatic carbocycles. The molecular formula is C23H22N6OS. The molecule has 4 aromatic rings. The lowest BCUT2D eigenvalue weighted by Gasteiger charge is -2.31. The molecule has 3 aromatic heterocycles. The second-order valence-electron chi connectivity index (χ2n) is 7.76. The molecule has 5 rings (SSSR count). The Balaban J connectivity index is 1.19. The number of thiazole rings is 1. The molecule has 0 saturated carbocycles. The standard InChI is InChI=1S/C23H22N6OS/c1-15-4-5-19-20(13-15)31-23(25-19)26-22(30)16-8-11-29(12-9-16)21-7-6-18(27-28-21)17-3-2-10-24-14-17/h2-7,10,13-14,16H,8-9,11-12H2,1H3,(H,25,26,30). The van der Waals surface area contributed by atoms with Crippen LogP contribution in [0, 0.1) is 12.8 Å². The molecule has 0 unspecified atom stereocenters. The van der Waals surface area contributed by atoms with Crippen molar-refractivity contribution in [3.8, 4) is 11.3 Å². The van der Waals surface area contributed by atoms with Crippen molar-refractivity contribution in [3.63, 3.8) is 0 Å². The number of benzene rings is 1. The molecule has 1 aromatic carbocycles. The second kappa shape index (κ2) is 8.39. The minimum absolute atomic E-state index is 0.0207. The number of nitrogens with zero attached hydrogens (tertiary/aromatic N) is 5. The molecule has 1 saturated heterocycles. The molecule has 156 valence electrons. The number of amides is 1. The number of pyridine rings is 1. The molecule has 1 aliphatic heterocycles. The SMILES string of the molecule is Cc1ccc2nc(NC(=O)C3CCN(c4ccc(-c5cccnc5)nn4)CC3)sc2c1. The van der Waals surface area contributed by atoms with Gasteiger partial charge in [-0.2, -0.15) is 0 Å². The number of aryl methyl sites for hydroxylation is 1. The van der Waals surface area contributed by atoms with Crippen LogP contribution < -0.4 is 10.2 Å². The van der Waals surface area contributed by atoms with Gasteiger partial charge in [0.05, 0.1) is 15.9 Å². The quantitative estimate of drug-likeness (QED) is 0.519. The van der Waals surface area contributed by atoms with Crippen molar-refractivity contribution in [2.24, 2.45) is 5.92 Å². The van der Waals surface area contributed by atoms with E-state index in [9.17, 15) is 4.79 Å². The summed E-state index contributed by atoms with van der Waals surface area (Å²) in [5.41, 5.74) is 3.87. The number of carbonyl (C=O) groups excluding carboxylic acids is 1. The van der Waals surface area contributed by atoms with E-state index in [-0.39, 0.29) is 11.8 Å². The Morgan fingerprint density at radius 1 is 1.13 bits per heavy atom. The Hall–Kier alpha value is -3.39. The van der Waals surface area contributed by atoms with Gasteiger partial charge in [0.25, 0.3) is 0 Å². The van der Waals surface area contributed by atoms with E-state index in [1.54, 1.807) is 12.4 Å². The van der Waals surface area contributed by atoms with E-state index in [0.717, 1.165) is 53.2 Å². The molecule has 0 bridgehead atoms. The van der Waals surface area contributed by atoms with Crippen LogP contribution in [0.5, 0.6) is 0 Å². The first-order chi connectivity index (χ1) is 15.2. The van der Waals surface area contributed by atoms with Gasteiger partial charge >= 0.3 is 0 Å². The fourth-order valence-electron chi connectivity index (χ4n) is 3.83. The predicted molar refractivity (Wildman–Crippen MR) is 123 cm³/mol. The Kier molecular flexibility index (Phi) is 5.30. The zero-order valence-electron chi connectivity index (χ0n) is 17.2. The molecule has 31 heavy (non-hydrogen) atoms. The molecule has 1 aliphatic rings. The van der Waals surface area contributed by atoms with E-state index in [1.165, 1.54) is 16.9 Å². The van der Waals surface area contributed by atoms with Crippen molar-refractivity contribution >= 4 is 38.4 Å². The molecule has 1 fully saturated rings. The number of carbonyl (C=O) groups is 1. The third-order valence-corrected chi connectivity index (χ3v) is 6.51. The molecule has 0 atom stereocenters. The van der Waals surface area contributed by atoms with Crippen molar-refractivity contribution in [1.29, 1.82) is 0 Å². The van der Waals surface area contributed by atoms with Crippen molar-refractivity contribution in [2.75, 3.05) is 23.3 Å². The summed E-state index contributed by atoms with van der Waals surface area (Å²) >= 11 is 1.52. The number of aromatic nitrogens is 4. The lowest BCUT2D eigenvalue weighted by atomic mass is 9.96. The fourth-order valence-corrected chi connectivity index (χ4v) is 4.79. The molecule has 4 heterocycles. The van der Waals surface area contributed by atoms with Gasteiger partial charge in [-0.1, -0.05) is 17.4 Å². The van der Waals surface area contributed by atoms with Crippen molar-refractivity contribution in [2.45, 2.75) is 19.8 Å². The third-order valence-electron chi connectivity index (χ3n) is 5.57. The molecule has 0 spiro atoms. The topological polar surface area (TPSA) is 83.9 Å². The number of hydrogen-bond acceptors (Lipinski definition) is 7. The number of piperidine rings is 1. The number of hydrogen-bond donors (Lipinski definition) is 1. The van der Waals surface area contributed by atoms with Gasteiger partial charge in [-0.25, -0.2) is 4.98 Å². The van der Waals surface area contributed by atoms with Gasteiger partial charge in [-0.05, 0) is 61.7 Å². The maximum Gasteiger partial charge on any atom is 0.229 e. The Morgan fingerprint density at radius 3 is 2.74 bits per heavy atom. The van der Waals surface area contributed by atoms with Gasteiger partial charge in [0.2, 0.25) is 5.91 Å². The maximum absolute atomic E-state index is 12.8. The summed E-state index contributed by atoms with van der Waals surface area (Å²) in [6, 6.07) is 13.9. The van der Waals surface area contributed by atoms with E-state index >= 15 is 0 Å². The van der Waals surface area contributed by atoms with Gasteiger partial charge in [0.1, 0.15) is 0 Å². The first-order valence-electron chi connectivity index (χ1n) is 10.3. The highest BCUT2D eigenvalue weighted by Gasteiger charge is 2.26. The summed E-state index contributed by atoms with van der Waals surface area (Å²) in [5.74, 6) is 0.870. The monoisotopic (exact) mass is 430 g/mol. The first kappa shape index (κ1) is 19.6. The van der Waals surface area contributed by atoms with Crippen LogP contribution in [-0.2, 0) is 4.79 Å². The molecule has 8 heteroatoms. The lowest BCUT2D eigenvalue weighted by molar-refractivity contribution is -0.120. The summed E-state index contributed by atoms with van der Waals surface area (Å²) in [6.45, 7) is 3.61. The Labute approximate surface area is 184 Å². The highest BCUT2D eigenvalue weighted by atomic mass is 32.1. The molecule has 1 N–H and O–H groups in total. The Morgan fingerprint density at radius 2 is 2.00 bits per heavy atom. The lowest BCUT2D eigenvalue weighted by Crippen LogP contribution is -2.38. The summed E-state index contributed by atoms with van der Waals surface area (Å²) in [7, 11) is 0. The molecule has 1 amide bonds. The number of nitrogens with one attached hydrogen (secondary N) is 1. The van der Waals surface area contributed by atoms with E-state index in [4.69, 9.17) is 0 Å². The van der Waals surface area contributed by atoms with Crippen molar-refractivity contribution in [1.82, 2.24) is 20.2 Å². The summed E-state index contributed by atoms with van der Waals surface area (Å²) in [6.07, 6.45) is 5.08. The van der Waals surface area contributed by atoms with Gasteiger partial charge in [-0.15, -0.1) is 10.2 Å².